The molecule has 3 aromatic carbocycles. The number of nitrogens with one attached hydrogen (secondary N) is 1. The summed E-state index contributed by atoms with van der Waals surface area (Å²) in [6.07, 6.45) is -0.570. The number of carbonyl (C=O) groups excluding carboxylic acids is 3. The second kappa shape index (κ2) is 19.7. The fourth-order valence-electron chi connectivity index (χ4n) is 3.99. The van der Waals surface area contributed by atoms with E-state index >= 15 is 0 Å². The van der Waals surface area contributed by atoms with Crippen LogP contribution in [-0.2, 0) is 24.3 Å². The Labute approximate surface area is 344 Å². The summed E-state index contributed by atoms with van der Waals surface area (Å²) >= 11 is 7.78. The smallest absolute Gasteiger partial charge is 0.479 e. The number of aromatic nitrogens is 4. The third-order valence-electron chi connectivity index (χ3n) is 6.25. The number of oxazole rings is 1. The van der Waals surface area contributed by atoms with Crippen molar-refractivity contribution in [2.45, 2.75) is 31.8 Å². The zero-order chi connectivity index (χ0) is 38.0. The summed E-state index contributed by atoms with van der Waals surface area (Å²) in [7, 11) is -2.08. The fourth-order valence-corrected chi connectivity index (χ4v) is 5.92. The number of hydrogen-bond acceptors (Lipinski definition) is 15. The van der Waals surface area contributed by atoms with Gasteiger partial charge in [0.25, 0.3) is 0 Å². The molecule has 274 valence electrons. The average molecular weight is 891 g/mol. The number of methoxy groups -OCH3 is 2. The molecule has 5 rings (SSSR count). The number of hydrogen-bond donors (Lipinski definition) is 1. The number of sulfonamides is 1. The summed E-state index contributed by atoms with van der Waals surface area (Å²) in [6.45, 7) is 5.22. The Bertz CT molecular complexity index is 2190. The van der Waals surface area contributed by atoms with Crippen molar-refractivity contribution < 1.29 is 80.5 Å². The van der Waals surface area contributed by atoms with E-state index in [0.29, 0.717) is 37.8 Å². The van der Waals surface area contributed by atoms with E-state index in [-0.39, 0.29) is 59.0 Å². The van der Waals surface area contributed by atoms with Crippen LogP contribution in [0.3, 0.4) is 0 Å². The van der Waals surface area contributed by atoms with Crippen LogP contribution in [0, 0.1) is 10.5 Å². The van der Waals surface area contributed by atoms with Crippen molar-refractivity contribution >= 4 is 79.2 Å². The molecule has 0 radical (unpaired) electrons. The molecule has 0 aliphatic rings. The van der Waals surface area contributed by atoms with Crippen LogP contribution in [-0.4, -0.2) is 73.3 Å². The molecule has 5 aromatic rings. The minimum absolute atomic E-state index is 0. The number of ether oxygens (including phenoxy) is 5. The normalized spacial score (nSPS) is 11.2. The number of carbonyl (C=O) groups is 3. The molecule has 0 aliphatic carbocycles. The summed E-state index contributed by atoms with van der Waals surface area (Å²) in [5.74, 6) is -0.234. The van der Waals surface area contributed by atoms with Crippen LogP contribution in [0.15, 0.2) is 70.0 Å². The Morgan fingerprint density at radius 2 is 1.68 bits per heavy atom. The van der Waals surface area contributed by atoms with Crippen molar-refractivity contribution in [2.24, 2.45) is 0 Å². The van der Waals surface area contributed by atoms with Gasteiger partial charge in [0.2, 0.25) is 10.0 Å². The second-order valence-corrected chi connectivity index (χ2v) is 13.3. The summed E-state index contributed by atoms with van der Waals surface area (Å²) in [5, 5.41) is 2.68. The largest absolute Gasteiger partial charge is 1.00 e. The number of anilines is 1. The van der Waals surface area contributed by atoms with Gasteiger partial charge in [0.1, 0.15) is 22.8 Å². The van der Waals surface area contributed by atoms with E-state index in [4.69, 9.17) is 35.0 Å². The number of benzene rings is 3. The zero-order valence-corrected chi connectivity index (χ0v) is 34.7. The van der Waals surface area contributed by atoms with Crippen molar-refractivity contribution in [1.82, 2.24) is 19.9 Å². The van der Waals surface area contributed by atoms with Gasteiger partial charge in [-0.25, -0.2) is 23.0 Å². The third kappa shape index (κ3) is 12.4. The Balaban J connectivity index is 0.000000281. The van der Waals surface area contributed by atoms with Crippen LogP contribution in [0.1, 0.15) is 30.0 Å². The maximum absolute atomic E-state index is 12.5. The van der Waals surface area contributed by atoms with Crippen molar-refractivity contribution in [3.8, 4) is 23.6 Å². The molecule has 53 heavy (non-hydrogen) atoms. The standard InChI is InChI=1S/C18H16ClNO5.C14H14IN5O6S.Na/c1-3-22-17(21)11(2)23-13-5-7-14(8-6-13)24-18-20-15-9-4-12(19)10-16(15)25-18;1-7-16-12(19-14(17-7)26-3)18-13(22)20-27(23,24)10-6-8(15)4-5-9(10)11(21)25-2;/h4-11H,3H2,1-2H3;4-6H,1-3H3,(H2,16,17,18,19,20,22);/q;;+1/p-1/t11-;;/m1../s1. The van der Waals surface area contributed by atoms with Gasteiger partial charge < -0.3 is 38.1 Å². The average Bonchev–Trinajstić information content (AvgIpc) is 3.49. The molecular formula is C32H29ClIN6NaO11S. The van der Waals surface area contributed by atoms with Crippen LogP contribution < -0.4 is 49.1 Å². The zero-order valence-electron chi connectivity index (χ0n) is 28.9. The van der Waals surface area contributed by atoms with Crippen LogP contribution in [0.4, 0.5) is 10.7 Å². The number of fused-ring (bicyclic) bond motifs is 1. The first-order valence-electron chi connectivity index (χ1n) is 14.8. The van der Waals surface area contributed by atoms with Crippen molar-refractivity contribution in [2.75, 3.05) is 26.1 Å². The van der Waals surface area contributed by atoms with E-state index in [1.165, 1.54) is 32.2 Å². The third-order valence-corrected chi connectivity index (χ3v) is 8.45. The molecule has 21 heteroatoms. The fraction of sp³-hybridized carbons (Fsp3) is 0.219. The Hall–Kier alpha value is -4.28. The molecule has 2 amide bonds. The van der Waals surface area contributed by atoms with Crippen molar-refractivity contribution in [1.29, 1.82) is 0 Å². The van der Waals surface area contributed by atoms with Gasteiger partial charge in [0, 0.05) is 14.7 Å². The molecule has 0 fully saturated rings. The predicted molar refractivity (Wildman–Crippen MR) is 193 cm³/mol. The van der Waals surface area contributed by atoms with Crippen molar-refractivity contribution in [3.63, 3.8) is 0 Å². The summed E-state index contributed by atoms with van der Waals surface area (Å²) in [5.41, 5.74) is 0.959. The van der Waals surface area contributed by atoms with E-state index in [1.807, 2.05) is 22.6 Å². The number of nitrogens with zero attached hydrogens (tertiary/aromatic N) is 5. The monoisotopic (exact) mass is 890 g/mol. The summed E-state index contributed by atoms with van der Waals surface area (Å²) in [4.78, 5) is 50.6. The van der Waals surface area contributed by atoms with E-state index in [9.17, 15) is 22.8 Å². The predicted octanol–water partition coefficient (Wildman–Crippen LogP) is 3.48. The number of urea groups is 1. The van der Waals surface area contributed by atoms with Gasteiger partial charge in [-0.05, 0) is 98.0 Å². The molecule has 2 heterocycles. The summed E-state index contributed by atoms with van der Waals surface area (Å²) in [6, 6.07) is 14.6. The van der Waals surface area contributed by atoms with Crippen LogP contribution >= 0.6 is 34.2 Å². The molecule has 0 saturated heterocycles. The SMILES string of the molecule is CCOC(=O)[C@@H](C)Oc1ccc(Oc2nc3ccc(Cl)cc3o2)cc1.COC(=O)c1ccc(I)cc1S(=O)(=O)[N-]C(=O)Nc1nc(C)nc(OC)n1.[Na+]. The van der Waals surface area contributed by atoms with Gasteiger partial charge in [-0.1, -0.05) is 11.6 Å². The molecule has 1 atom stereocenters. The minimum Gasteiger partial charge on any atom is -0.479 e. The first-order chi connectivity index (χ1) is 24.7. The molecule has 2 aromatic heterocycles. The Morgan fingerprint density at radius 1 is 0.981 bits per heavy atom. The number of halogens is 2. The first kappa shape index (κ1) is 43.1. The topological polar surface area (TPSA) is 222 Å². The van der Waals surface area contributed by atoms with E-state index in [1.54, 1.807) is 56.3 Å². The molecule has 0 bridgehead atoms. The van der Waals surface area contributed by atoms with Gasteiger partial charge in [0.15, 0.2) is 23.7 Å². The Morgan fingerprint density at radius 3 is 2.34 bits per heavy atom. The van der Waals surface area contributed by atoms with Crippen LogP contribution in [0.25, 0.3) is 15.8 Å². The molecule has 1 N–H and O–H groups in total. The number of aryl methyl sites for hydroxylation is 1. The molecule has 0 spiro atoms. The molecule has 0 aliphatic heterocycles. The van der Waals surface area contributed by atoms with Gasteiger partial charge in [-0.2, -0.15) is 15.0 Å². The van der Waals surface area contributed by atoms with Crippen molar-refractivity contribution in [3.05, 3.63) is 85.4 Å². The number of rotatable bonds is 11. The summed E-state index contributed by atoms with van der Waals surface area (Å²) < 4.78 is 59.6. The van der Waals surface area contributed by atoms with Gasteiger partial charge >= 0.3 is 53.6 Å². The number of esters is 2. The quantitative estimate of drug-likeness (QED) is 0.114. The molecule has 17 nitrogen and oxygen atoms in total. The van der Waals surface area contributed by atoms with Gasteiger partial charge in [-0.3, -0.25) is 4.79 Å². The van der Waals surface area contributed by atoms with Gasteiger partial charge in [-0.15, -0.1) is 0 Å². The van der Waals surface area contributed by atoms with Crippen LogP contribution in [0.5, 0.6) is 23.6 Å². The Kier molecular flexibility index (Phi) is 16.0. The maximum Gasteiger partial charge on any atom is 1.00 e. The second-order valence-electron chi connectivity index (χ2n) is 10.00. The molecule has 0 saturated carbocycles. The van der Waals surface area contributed by atoms with E-state index < -0.39 is 39.0 Å². The van der Waals surface area contributed by atoms with E-state index in [2.05, 4.69) is 34.7 Å². The number of amides is 2. The molecule has 0 unspecified atom stereocenters. The van der Waals surface area contributed by atoms with E-state index in [0.717, 1.165) is 7.11 Å². The maximum atomic E-state index is 12.5. The van der Waals surface area contributed by atoms with Gasteiger partial charge in [0.05, 0.1) is 31.3 Å². The molecular weight excluding hydrogens is 862 g/mol. The van der Waals surface area contributed by atoms with Crippen LogP contribution in [0.2, 0.25) is 5.02 Å². The first-order valence-corrected chi connectivity index (χ1v) is 17.7. The minimum atomic E-state index is -4.51.